The fourth-order valence-electron chi connectivity index (χ4n) is 4.66. The van der Waals surface area contributed by atoms with Crippen LogP contribution in [0.1, 0.15) is 0 Å². The lowest BCUT2D eigenvalue weighted by Gasteiger charge is -2.02. The third-order valence-electron chi connectivity index (χ3n) is 6.22. The Hall–Kier alpha value is -4.12. The van der Waals surface area contributed by atoms with Crippen LogP contribution in [0, 0.1) is 5.21 Å². The zero-order chi connectivity index (χ0) is 21.1. The summed E-state index contributed by atoms with van der Waals surface area (Å²) >= 11 is 0. The maximum Gasteiger partial charge on any atom is 0.245 e. The fraction of sp³-hybridized carbons (Fsp3) is 0.0769. The number of rotatable bonds is 2. The van der Waals surface area contributed by atoms with E-state index in [1.807, 2.05) is 67.7 Å². The predicted molar refractivity (Wildman–Crippen MR) is 126 cm³/mol. The lowest BCUT2D eigenvalue weighted by molar-refractivity contribution is -0.435. The van der Waals surface area contributed by atoms with E-state index in [0.29, 0.717) is 16.2 Å². The maximum atomic E-state index is 12.9. The van der Waals surface area contributed by atoms with E-state index in [4.69, 9.17) is 0 Å². The lowest BCUT2D eigenvalue weighted by atomic mass is 10.1. The van der Waals surface area contributed by atoms with Gasteiger partial charge in [0.15, 0.2) is 0 Å². The van der Waals surface area contributed by atoms with Crippen molar-refractivity contribution >= 4 is 55.0 Å². The number of hydrogen-bond acceptors (Lipinski definition) is 2. The Bertz CT molecular complexity index is 1670. The Balaban J connectivity index is 1.49. The van der Waals surface area contributed by atoms with E-state index in [2.05, 4.69) is 45.6 Å². The molecule has 2 heterocycles. The molecule has 0 aliphatic heterocycles. The van der Waals surface area contributed by atoms with Crippen molar-refractivity contribution in [2.24, 2.45) is 19.2 Å². The van der Waals surface area contributed by atoms with E-state index >= 15 is 0 Å². The van der Waals surface area contributed by atoms with Crippen molar-refractivity contribution in [2.45, 2.75) is 0 Å². The highest BCUT2D eigenvalue weighted by atomic mass is 16.5. The minimum atomic E-state index is 0.516. The molecule has 0 spiro atoms. The molecule has 0 fully saturated rings. The Labute approximate surface area is 178 Å². The summed E-state index contributed by atoms with van der Waals surface area (Å²) in [5.41, 5.74) is 5.67. The molecule has 0 amide bonds. The molecule has 150 valence electrons. The molecule has 2 aromatic heterocycles. The van der Waals surface area contributed by atoms with E-state index in [0.717, 1.165) is 43.6 Å². The largest absolute Gasteiger partial charge is 0.594 e. The molecule has 0 aliphatic carbocycles. The third-order valence-corrected chi connectivity index (χ3v) is 6.22. The topological polar surface area (TPSA) is 48.3 Å². The molecule has 0 aliphatic rings. The summed E-state index contributed by atoms with van der Waals surface area (Å²) in [6, 6.07) is 28.1. The summed E-state index contributed by atoms with van der Waals surface area (Å²) in [6.07, 6.45) is 0. The molecule has 0 radical (unpaired) electrons. The van der Waals surface area contributed by atoms with Gasteiger partial charge in [-0.15, -0.1) is 0 Å². The molecular weight excluding hydrogens is 384 g/mol. The Morgan fingerprint density at radius 2 is 1.13 bits per heavy atom. The molecule has 0 saturated heterocycles. The number of fused-ring (bicyclic) bond motifs is 6. The second-order valence-electron chi connectivity index (χ2n) is 7.93. The van der Waals surface area contributed by atoms with E-state index in [1.54, 1.807) is 0 Å². The van der Waals surface area contributed by atoms with Gasteiger partial charge in [-0.2, -0.15) is 0 Å². The van der Waals surface area contributed by atoms with Gasteiger partial charge in [0.25, 0.3) is 0 Å². The van der Waals surface area contributed by atoms with Crippen LogP contribution in [0.25, 0.3) is 43.6 Å². The van der Waals surface area contributed by atoms with Gasteiger partial charge >= 0.3 is 0 Å². The summed E-state index contributed by atoms with van der Waals surface area (Å²) < 4.78 is 4.31. The molecule has 6 rings (SSSR count). The lowest BCUT2D eigenvalue weighted by Crippen LogP contribution is -1.91. The molecule has 6 aromatic rings. The van der Waals surface area contributed by atoms with Crippen molar-refractivity contribution in [2.75, 3.05) is 0 Å². The smallest absolute Gasteiger partial charge is 0.245 e. The Morgan fingerprint density at radius 1 is 0.613 bits per heavy atom. The van der Waals surface area contributed by atoms with Crippen LogP contribution in [0.5, 0.6) is 0 Å². The summed E-state index contributed by atoms with van der Waals surface area (Å²) in [6.45, 7) is 0. The highest BCUT2D eigenvalue weighted by molar-refractivity contribution is 6.09. The first kappa shape index (κ1) is 17.7. The fourth-order valence-corrected chi connectivity index (χ4v) is 4.66. The summed E-state index contributed by atoms with van der Waals surface area (Å²) in [4.78, 5) is 0.716. The van der Waals surface area contributed by atoms with E-state index in [9.17, 15) is 5.21 Å². The van der Waals surface area contributed by atoms with E-state index in [-0.39, 0.29) is 0 Å². The zero-order valence-corrected chi connectivity index (χ0v) is 17.3. The first-order chi connectivity index (χ1) is 15.1. The van der Waals surface area contributed by atoms with Crippen LogP contribution < -0.4 is 0 Å². The normalized spacial score (nSPS) is 12.5. The zero-order valence-electron chi connectivity index (χ0n) is 17.3. The molecule has 0 saturated carbocycles. The highest BCUT2D eigenvalue weighted by Crippen LogP contribution is 2.33. The van der Waals surface area contributed by atoms with E-state index in [1.165, 1.54) is 0 Å². The number of azo groups is 1. The first-order valence-corrected chi connectivity index (χ1v) is 10.2. The monoisotopic (exact) mass is 404 g/mol. The van der Waals surface area contributed by atoms with Gasteiger partial charge in [-0.25, -0.2) is 0 Å². The third kappa shape index (κ3) is 2.56. The van der Waals surface area contributed by atoms with Crippen LogP contribution in [0.3, 0.4) is 0 Å². The van der Waals surface area contributed by atoms with Crippen molar-refractivity contribution in [3.8, 4) is 0 Å². The molecule has 0 atom stereocenters. The standard InChI is InChI=1S/C26H20N4O/c1-28-23-9-5-3-7-19(23)21-15-17(11-13-25(21)28)27-30(31)18-12-14-26-22(16-18)20-8-4-6-10-24(20)29(26)2/h3-16H,1-2H3. The van der Waals surface area contributed by atoms with Gasteiger partial charge in [-0.05, 0) is 36.4 Å². The van der Waals surface area contributed by atoms with Crippen molar-refractivity contribution in [3.05, 3.63) is 90.1 Å². The second-order valence-corrected chi connectivity index (χ2v) is 7.93. The van der Waals surface area contributed by atoms with Gasteiger partial charge < -0.3 is 14.3 Å². The summed E-state index contributed by atoms with van der Waals surface area (Å²) in [5, 5.41) is 21.7. The van der Waals surface area contributed by atoms with Crippen molar-refractivity contribution < 1.29 is 4.86 Å². The molecule has 31 heavy (non-hydrogen) atoms. The minimum Gasteiger partial charge on any atom is -0.594 e. The average Bonchev–Trinajstić information content (AvgIpc) is 3.26. The molecule has 5 heteroatoms. The summed E-state index contributed by atoms with van der Waals surface area (Å²) in [5.74, 6) is 0. The molecule has 0 unspecified atom stereocenters. The van der Waals surface area contributed by atoms with E-state index < -0.39 is 0 Å². The van der Waals surface area contributed by atoms with Crippen LogP contribution in [0.4, 0.5) is 11.4 Å². The van der Waals surface area contributed by atoms with Gasteiger partial charge in [0, 0.05) is 75.0 Å². The van der Waals surface area contributed by atoms with Crippen molar-refractivity contribution in [1.82, 2.24) is 9.13 Å². The SMILES string of the molecule is Cn1c2ccccc2c2cc(N=[N+]([O-])c3ccc4c(c3)c3ccccc3n4C)ccc21. The summed E-state index contributed by atoms with van der Waals surface area (Å²) in [7, 11) is 4.10. The quantitative estimate of drug-likeness (QED) is 0.176. The predicted octanol–water partition coefficient (Wildman–Crippen LogP) is 6.90. The number of para-hydroxylation sites is 2. The van der Waals surface area contributed by atoms with Gasteiger partial charge in [-0.1, -0.05) is 41.3 Å². The van der Waals surface area contributed by atoms with Crippen molar-refractivity contribution in [3.63, 3.8) is 0 Å². The number of aryl methyl sites for hydroxylation is 2. The highest BCUT2D eigenvalue weighted by Gasteiger charge is 2.13. The Morgan fingerprint density at radius 3 is 1.77 bits per heavy atom. The molecule has 4 aromatic carbocycles. The molecule has 0 bridgehead atoms. The van der Waals surface area contributed by atoms with Crippen molar-refractivity contribution in [1.29, 1.82) is 0 Å². The van der Waals surface area contributed by atoms with Gasteiger partial charge in [0.1, 0.15) is 5.69 Å². The Kier molecular flexibility index (Phi) is 3.68. The number of hydrogen-bond donors (Lipinski definition) is 0. The van der Waals surface area contributed by atoms with Crippen LogP contribution in [0.2, 0.25) is 0 Å². The maximum absolute atomic E-state index is 12.9. The second kappa shape index (κ2) is 6.44. The molecule has 0 N–H and O–H groups in total. The van der Waals surface area contributed by atoms with Crippen LogP contribution in [-0.4, -0.2) is 14.0 Å². The molecule has 5 nitrogen and oxygen atoms in total. The minimum absolute atomic E-state index is 0.516. The number of nitrogens with zero attached hydrogens (tertiary/aromatic N) is 4. The number of aromatic nitrogens is 2. The van der Waals surface area contributed by atoms with Crippen LogP contribution in [-0.2, 0) is 14.1 Å². The van der Waals surface area contributed by atoms with Gasteiger partial charge in [0.2, 0.25) is 5.69 Å². The van der Waals surface area contributed by atoms with Crippen LogP contribution >= 0.6 is 0 Å². The molecular formula is C26H20N4O. The average molecular weight is 404 g/mol. The van der Waals surface area contributed by atoms with Gasteiger partial charge in [0.05, 0.1) is 0 Å². The number of benzene rings is 4. The first-order valence-electron chi connectivity index (χ1n) is 10.2. The van der Waals surface area contributed by atoms with Gasteiger partial charge in [-0.3, -0.25) is 0 Å². The van der Waals surface area contributed by atoms with Crippen LogP contribution in [0.15, 0.2) is 90.0 Å².